The van der Waals surface area contributed by atoms with Crippen molar-refractivity contribution >= 4 is 22.5 Å². The number of fused-ring (bicyclic) bond motifs is 1. The molecule has 0 amide bonds. The van der Waals surface area contributed by atoms with Crippen LogP contribution in [0.3, 0.4) is 0 Å². The number of oxazole rings is 1. The molecule has 0 fully saturated rings. The minimum absolute atomic E-state index is 0.0588. The van der Waals surface area contributed by atoms with Crippen molar-refractivity contribution in [3.05, 3.63) is 53.8 Å². The average molecular weight is 346 g/mol. The van der Waals surface area contributed by atoms with Gasteiger partial charge in [0.2, 0.25) is 5.89 Å². The van der Waals surface area contributed by atoms with E-state index in [4.69, 9.17) is 4.42 Å². The first-order valence-electron chi connectivity index (χ1n) is 8.37. The van der Waals surface area contributed by atoms with E-state index in [2.05, 4.69) is 21.0 Å². The van der Waals surface area contributed by atoms with E-state index in [1.807, 2.05) is 31.2 Å². The fourth-order valence-electron chi connectivity index (χ4n) is 2.91. The Morgan fingerprint density at radius 1 is 1.23 bits per heavy atom. The third-order valence-electron chi connectivity index (χ3n) is 4.31. The lowest BCUT2D eigenvalue weighted by molar-refractivity contribution is 0.614. The summed E-state index contributed by atoms with van der Waals surface area (Å²) < 4.78 is 19.1. The van der Waals surface area contributed by atoms with E-state index < -0.39 is 0 Å². The third kappa shape index (κ3) is 2.88. The first kappa shape index (κ1) is 16.2. The maximum atomic E-state index is 13.4. The SMILES string of the molecule is CCC1CN=C(c2cccc(-c3nc4cc(F)ccc4o3)c2)C(C#N)=N1. The number of hydrogen-bond donors (Lipinski definition) is 0. The van der Waals surface area contributed by atoms with Crippen LogP contribution in [0.15, 0.2) is 56.9 Å². The number of halogens is 1. The summed E-state index contributed by atoms with van der Waals surface area (Å²) >= 11 is 0. The lowest BCUT2D eigenvalue weighted by Gasteiger charge is -2.16. The molecule has 4 rings (SSSR count). The van der Waals surface area contributed by atoms with Crippen molar-refractivity contribution in [2.75, 3.05) is 6.54 Å². The Hall–Kier alpha value is -3.33. The Kier molecular flexibility index (Phi) is 4.05. The molecule has 1 aliphatic heterocycles. The molecule has 6 heteroatoms. The van der Waals surface area contributed by atoms with Gasteiger partial charge in [-0.2, -0.15) is 5.26 Å². The average Bonchev–Trinajstić information content (AvgIpc) is 3.10. The van der Waals surface area contributed by atoms with Gasteiger partial charge in [0.05, 0.1) is 12.6 Å². The molecule has 3 aromatic rings. The number of benzene rings is 2. The molecule has 26 heavy (non-hydrogen) atoms. The zero-order valence-electron chi connectivity index (χ0n) is 14.1. The van der Waals surface area contributed by atoms with Crippen LogP contribution in [0.25, 0.3) is 22.6 Å². The molecule has 1 atom stereocenters. The summed E-state index contributed by atoms with van der Waals surface area (Å²) in [4.78, 5) is 13.4. The lowest BCUT2D eigenvalue weighted by Crippen LogP contribution is -2.25. The van der Waals surface area contributed by atoms with E-state index in [0.717, 1.165) is 17.5 Å². The minimum atomic E-state index is -0.358. The molecule has 0 saturated carbocycles. The molecule has 0 N–H and O–H groups in total. The van der Waals surface area contributed by atoms with Crippen LogP contribution in [0.4, 0.5) is 4.39 Å². The second kappa shape index (κ2) is 6.52. The first-order valence-corrected chi connectivity index (χ1v) is 8.37. The Morgan fingerprint density at radius 3 is 2.88 bits per heavy atom. The molecule has 0 saturated heterocycles. The van der Waals surface area contributed by atoms with Crippen molar-refractivity contribution in [2.45, 2.75) is 19.4 Å². The van der Waals surface area contributed by atoms with Gasteiger partial charge in [-0.15, -0.1) is 0 Å². The van der Waals surface area contributed by atoms with E-state index in [1.165, 1.54) is 12.1 Å². The van der Waals surface area contributed by atoms with Crippen LogP contribution in [-0.4, -0.2) is 29.0 Å². The molecule has 1 aliphatic rings. The Labute approximate surface area is 149 Å². The highest BCUT2D eigenvalue weighted by Crippen LogP contribution is 2.26. The van der Waals surface area contributed by atoms with Crippen molar-refractivity contribution in [3.8, 4) is 17.5 Å². The van der Waals surface area contributed by atoms with E-state index in [-0.39, 0.29) is 11.9 Å². The molecular weight excluding hydrogens is 331 g/mol. The summed E-state index contributed by atoms with van der Waals surface area (Å²) in [7, 11) is 0. The highest BCUT2D eigenvalue weighted by Gasteiger charge is 2.20. The Morgan fingerprint density at radius 2 is 2.08 bits per heavy atom. The molecule has 1 aromatic heterocycles. The fourth-order valence-corrected chi connectivity index (χ4v) is 2.91. The summed E-state index contributed by atoms with van der Waals surface area (Å²) in [6.45, 7) is 2.60. The van der Waals surface area contributed by atoms with Crippen molar-refractivity contribution in [3.63, 3.8) is 0 Å². The van der Waals surface area contributed by atoms with Crippen molar-refractivity contribution in [1.29, 1.82) is 5.26 Å². The largest absolute Gasteiger partial charge is 0.436 e. The number of hydrogen-bond acceptors (Lipinski definition) is 5. The number of nitrogens with zero attached hydrogens (tertiary/aromatic N) is 4. The summed E-state index contributed by atoms with van der Waals surface area (Å²) in [5.41, 5.74) is 3.43. The maximum absolute atomic E-state index is 13.4. The van der Waals surface area contributed by atoms with Gasteiger partial charge in [-0.25, -0.2) is 9.37 Å². The number of aliphatic imine (C=N–C) groups is 2. The smallest absolute Gasteiger partial charge is 0.227 e. The van der Waals surface area contributed by atoms with Gasteiger partial charge in [-0.1, -0.05) is 19.1 Å². The fraction of sp³-hybridized carbons (Fsp3) is 0.200. The summed E-state index contributed by atoms with van der Waals surface area (Å²) in [5.74, 6) is 0.0359. The summed E-state index contributed by atoms with van der Waals surface area (Å²) in [6, 6.07) is 13.9. The summed E-state index contributed by atoms with van der Waals surface area (Å²) in [5, 5.41) is 9.42. The molecule has 128 valence electrons. The van der Waals surface area contributed by atoms with Crippen LogP contribution in [0, 0.1) is 17.1 Å². The number of nitriles is 1. The van der Waals surface area contributed by atoms with Gasteiger partial charge >= 0.3 is 0 Å². The Balaban J connectivity index is 1.74. The van der Waals surface area contributed by atoms with Crippen LogP contribution in [0.2, 0.25) is 0 Å². The molecule has 2 aromatic carbocycles. The Bertz CT molecular complexity index is 1090. The van der Waals surface area contributed by atoms with E-state index >= 15 is 0 Å². The molecule has 0 radical (unpaired) electrons. The third-order valence-corrected chi connectivity index (χ3v) is 4.31. The molecule has 1 unspecified atom stereocenters. The van der Waals surface area contributed by atoms with E-state index in [0.29, 0.717) is 35.0 Å². The molecule has 5 nitrogen and oxygen atoms in total. The van der Waals surface area contributed by atoms with Gasteiger partial charge in [0.25, 0.3) is 0 Å². The molecular formula is C20H15FN4O. The lowest BCUT2D eigenvalue weighted by atomic mass is 10.0. The highest BCUT2D eigenvalue weighted by molar-refractivity contribution is 6.53. The molecule has 2 heterocycles. The quantitative estimate of drug-likeness (QED) is 0.714. The predicted molar refractivity (Wildman–Crippen MR) is 97.9 cm³/mol. The standard InChI is InChI=1S/C20H15FN4O/c1-2-15-11-23-19(17(10-22)24-15)12-4-3-5-13(8-12)20-25-16-9-14(21)6-7-18(16)26-20/h3-9,15H,2,11H2,1H3. The monoisotopic (exact) mass is 346 g/mol. The normalized spacial score (nSPS) is 16.9. The van der Waals surface area contributed by atoms with Gasteiger partial charge in [-0.05, 0) is 30.7 Å². The van der Waals surface area contributed by atoms with Gasteiger partial charge in [0.15, 0.2) is 11.3 Å². The van der Waals surface area contributed by atoms with Crippen LogP contribution in [-0.2, 0) is 0 Å². The zero-order chi connectivity index (χ0) is 18.1. The van der Waals surface area contributed by atoms with Crippen LogP contribution >= 0.6 is 0 Å². The van der Waals surface area contributed by atoms with Crippen molar-refractivity contribution in [1.82, 2.24) is 4.98 Å². The van der Waals surface area contributed by atoms with Crippen molar-refractivity contribution in [2.24, 2.45) is 9.98 Å². The molecule has 0 aliphatic carbocycles. The topological polar surface area (TPSA) is 74.5 Å². The van der Waals surface area contributed by atoms with Gasteiger partial charge in [-0.3, -0.25) is 9.98 Å². The van der Waals surface area contributed by atoms with Crippen LogP contribution < -0.4 is 0 Å². The van der Waals surface area contributed by atoms with E-state index in [9.17, 15) is 9.65 Å². The minimum Gasteiger partial charge on any atom is -0.436 e. The van der Waals surface area contributed by atoms with Gasteiger partial charge in [0.1, 0.15) is 23.1 Å². The second-order valence-electron chi connectivity index (χ2n) is 6.05. The van der Waals surface area contributed by atoms with E-state index in [1.54, 1.807) is 6.07 Å². The van der Waals surface area contributed by atoms with Gasteiger partial charge in [0, 0.05) is 17.2 Å². The highest BCUT2D eigenvalue weighted by atomic mass is 19.1. The van der Waals surface area contributed by atoms with Crippen LogP contribution in [0.5, 0.6) is 0 Å². The maximum Gasteiger partial charge on any atom is 0.227 e. The second-order valence-corrected chi connectivity index (χ2v) is 6.05. The summed E-state index contributed by atoms with van der Waals surface area (Å²) in [6.07, 6.45) is 0.849. The number of rotatable bonds is 3. The predicted octanol–water partition coefficient (Wildman–Crippen LogP) is 4.18. The van der Waals surface area contributed by atoms with Gasteiger partial charge < -0.3 is 4.42 Å². The molecule has 0 bridgehead atoms. The molecule has 0 spiro atoms. The number of aromatic nitrogens is 1. The van der Waals surface area contributed by atoms with Crippen LogP contribution in [0.1, 0.15) is 18.9 Å². The zero-order valence-corrected chi connectivity index (χ0v) is 14.1. The first-order chi connectivity index (χ1) is 12.7. The van der Waals surface area contributed by atoms with Crippen molar-refractivity contribution < 1.29 is 8.81 Å².